The molecule has 0 aliphatic rings. The zero-order valence-electron chi connectivity index (χ0n) is 14.5. The number of carbonyl (C=O) groups excluding carboxylic acids is 3. The molecule has 0 spiro atoms. The van der Waals surface area contributed by atoms with Gasteiger partial charge in [-0.2, -0.15) is 13.2 Å². The SMILES string of the molecule is CNC(=O)NC(=O)COC(=O)c1cccnc1Nc1cccc(C(F)(F)F)c1. The van der Waals surface area contributed by atoms with Crippen molar-refractivity contribution < 1.29 is 32.3 Å². The van der Waals surface area contributed by atoms with Gasteiger partial charge in [0.05, 0.1) is 5.56 Å². The molecule has 1 aromatic carbocycles. The van der Waals surface area contributed by atoms with Crippen LogP contribution in [0, 0.1) is 0 Å². The van der Waals surface area contributed by atoms with Crippen LogP contribution in [0.25, 0.3) is 0 Å². The highest BCUT2D eigenvalue weighted by Crippen LogP contribution is 2.31. The summed E-state index contributed by atoms with van der Waals surface area (Å²) in [5, 5.41) is 6.68. The summed E-state index contributed by atoms with van der Waals surface area (Å²) in [7, 11) is 1.30. The number of nitrogens with one attached hydrogen (secondary N) is 3. The van der Waals surface area contributed by atoms with Crippen LogP contribution < -0.4 is 16.0 Å². The van der Waals surface area contributed by atoms with E-state index < -0.39 is 36.3 Å². The number of alkyl halides is 3. The number of imide groups is 1. The maximum Gasteiger partial charge on any atom is 0.416 e. The Kier molecular flexibility index (Phi) is 6.53. The van der Waals surface area contributed by atoms with E-state index in [1.807, 2.05) is 5.32 Å². The number of ether oxygens (including phenoxy) is 1. The van der Waals surface area contributed by atoms with Gasteiger partial charge >= 0.3 is 18.2 Å². The fraction of sp³-hybridized carbons (Fsp3) is 0.176. The first-order valence-corrected chi connectivity index (χ1v) is 7.78. The second-order valence-corrected chi connectivity index (χ2v) is 5.31. The second-order valence-electron chi connectivity index (χ2n) is 5.31. The molecule has 0 radical (unpaired) electrons. The van der Waals surface area contributed by atoms with Gasteiger partial charge in [-0.1, -0.05) is 6.07 Å². The number of amides is 3. The molecule has 0 aliphatic heterocycles. The molecule has 3 N–H and O–H groups in total. The molecular formula is C17H15F3N4O4. The molecule has 2 aromatic rings. The van der Waals surface area contributed by atoms with Crippen LogP contribution in [0.15, 0.2) is 42.6 Å². The van der Waals surface area contributed by atoms with Crippen molar-refractivity contribution in [1.82, 2.24) is 15.6 Å². The number of esters is 1. The highest BCUT2D eigenvalue weighted by Gasteiger charge is 2.30. The van der Waals surface area contributed by atoms with Crippen molar-refractivity contribution in [2.75, 3.05) is 19.0 Å². The molecule has 0 aliphatic carbocycles. The third-order valence-corrected chi connectivity index (χ3v) is 3.29. The zero-order valence-corrected chi connectivity index (χ0v) is 14.5. The summed E-state index contributed by atoms with van der Waals surface area (Å²) in [5.74, 6) is -1.86. The number of carbonyl (C=O) groups is 3. The van der Waals surface area contributed by atoms with Gasteiger partial charge in [-0.05, 0) is 30.3 Å². The summed E-state index contributed by atoms with van der Waals surface area (Å²) in [6, 6.07) is 6.31. The monoisotopic (exact) mass is 396 g/mol. The van der Waals surface area contributed by atoms with Crippen LogP contribution in [0.4, 0.5) is 29.5 Å². The van der Waals surface area contributed by atoms with Gasteiger partial charge in [0.25, 0.3) is 5.91 Å². The average molecular weight is 396 g/mol. The van der Waals surface area contributed by atoms with Crippen molar-refractivity contribution in [2.45, 2.75) is 6.18 Å². The van der Waals surface area contributed by atoms with Crippen LogP contribution in [0.2, 0.25) is 0 Å². The molecule has 3 amide bonds. The lowest BCUT2D eigenvalue weighted by Crippen LogP contribution is -2.39. The lowest BCUT2D eigenvalue weighted by atomic mass is 10.2. The van der Waals surface area contributed by atoms with Crippen LogP contribution in [0.3, 0.4) is 0 Å². The van der Waals surface area contributed by atoms with Gasteiger partial charge in [-0.3, -0.25) is 10.1 Å². The fourth-order valence-corrected chi connectivity index (χ4v) is 2.01. The van der Waals surface area contributed by atoms with Crippen molar-refractivity contribution in [1.29, 1.82) is 0 Å². The summed E-state index contributed by atoms with van der Waals surface area (Å²) in [6.45, 7) is -0.732. The Morgan fingerprint density at radius 1 is 1.14 bits per heavy atom. The molecule has 0 saturated heterocycles. The molecule has 28 heavy (non-hydrogen) atoms. The van der Waals surface area contributed by atoms with E-state index in [-0.39, 0.29) is 17.1 Å². The molecule has 11 heteroatoms. The number of aromatic nitrogens is 1. The molecule has 2 rings (SSSR count). The van der Waals surface area contributed by atoms with Crippen LogP contribution in [0.1, 0.15) is 15.9 Å². The van der Waals surface area contributed by atoms with Crippen molar-refractivity contribution in [3.63, 3.8) is 0 Å². The fourth-order valence-electron chi connectivity index (χ4n) is 2.01. The maximum absolute atomic E-state index is 12.8. The summed E-state index contributed by atoms with van der Waals surface area (Å²) >= 11 is 0. The molecule has 1 heterocycles. The van der Waals surface area contributed by atoms with Gasteiger partial charge in [0, 0.05) is 18.9 Å². The first-order chi connectivity index (χ1) is 13.2. The third kappa shape index (κ3) is 5.69. The quantitative estimate of drug-likeness (QED) is 0.670. The number of nitrogens with zero attached hydrogens (tertiary/aromatic N) is 1. The first-order valence-electron chi connectivity index (χ1n) is 7.78. The van der Waals surface area contributed by atoms with Gasteiger partial charge < -0.3 is 15.4 Å². The Bertz CT molecular complexity index is 887. The van der Waals surface area contributed by atoms with Crippen molar-refractivity contribution in [3.8, 4) is 0 Å². The largest absolute Gasteiger partial charge is 0.452 e. The normalized spacial score (nSPS) is 10.7. The van der Waals surface area contributed by atoms with Crippen LogP contribution in [0.5, 0.6) is 0 Å². The Morgan fingerprint density at radius 2 is 1.89 bits per heavy atom. The van der Waals surface area contributed by atoms with E-state index >= 15 is 0 Å². The number of hydrogen-bond acceptors (Lipinski definition) is 6. The Morgan fingerprint density at radius 3 is 2.57 bits per heavy atom. The van der Waals surface area contributed by atoms with Crippen LogP contribution in [-0.2, 0) is 15.7 Å². The van der Waals surface area contributed by atoms with Gasteiger partial charge in [0.1, 0.15) is 11.4 Å². The van der Waals surface area contributed by atoms with Crippen molar-refractivity contribution in [3.05, 3.63) is 53.7 Å². The van der Waals surface area contributed by atoms with Crippen LogP contribution in [-0.4, -0.2) is 36.5 Å². The number of anilines is 2. The average Bonchev–Trinajstić information content (AvgIpc) is 2.66. The van der Waals surface area contributed by atoms with Crippen molar-refractivity contribution in [2.24, 2.45) is 0 Å². The predicted octanol–water partition coefficient (Wildman–Crippen LogP) is 2.46. The van der Waals surface area contributed by atoms with Crippen LogP contribution >= 0.6 is 0 Å². The first kappa shape index (κ1) is 20.7. The van der Waals surface area contributed by atoms with Crippen molar-refractivity contribution >= 4 is 29.4 Å². The number of urea groups is 1. The Labute approximate surface area is 157 Å². The molecule has 0 saturated carbocycles. The number of benzene rings is 1. The standard InChI is InChI=1S/C17H15F3N4O4/c1-21-16(27)24-13(25)9-28-15(26)12-6-3-7-22-14(12)23-11-5-2-4-10(8-11)17(18,19)20/h2-8H,9H2,1H3,(H,22,23)(H2,21,24,25,27). The van der Waals surface area contributed by atoms with E-state index in [1.54, 1.807) is 0 Å². The predicted molar refractivity (Wildman–Crippen MR) is 91.8 cm³/mol. The van der Waals surface area contributed by atoms with E-state index in [4.69, 9.17) is 4.74 Å². The minimum Gasteiger partial charge on any atom is -0.452 e. The minimum atomic E-state index is -4.53. The lowest BCUT2D eigenvalue weighted by Gasteiger charge is -2.12. The Hall–Kier alpha value is -3.63. The summed E-state index contributed by atoms with van der Waals surface area (Å²) < 4.78 is 43.3. The molecule has 1 aromatic heterocycles. The number of pyridine rings is 1. The molecule has 0 bridgehead atoms. The molecule has 8 nitrogen and oxygen atoms in total. The van der Waals surface area contributed by atoms with Gasteiger partial charge in [-0.15, -0.1) is 0 Å². The maximum atomic E-state index is 12.8. The van der Waals surface area contributed by atoms with Gasteiger partial charge in [-0.25, -0.2) is 14.6 Å². The second kappa shape index (κ2) is 8.84. The smallest absolute Gasteiger partial charge is 0.416 e. The van der Waals surface area contributed by atoms with E-state index in [1.165, 1.54) is 37.5 Å². The molecule has 0 unspecified atom stereocenters. The zero-order chi connectivity index (χ0) is 20.7. The molecule has 0 fully saturated rings. The highest BCUT2D eigenvalue weighted by molar-refractivity contribution is 5.98. The number of rotatable bonds is 5. The van der Waals surface area contributed by atoms with E-state index in [2.05, 4.69) is 15.6 Å². The summed E-state index contributed by atoms with van der Waals surface area (Å²) in [5.41, 5.74) is -0.920. The molecule has 0 atom stereocenters. The summed E-state index contributed by atoms with van der Waals surface area (Å²) in [4.78, 5) is 38.6. The minimum absolute atomic E-state index is 0.0555. The highest BCUT2D eigenvalue weighted by atomic mass is 19.4. The summed E-state index contributed by atoms with van der Waals surface area (Å²) in [6.07, 6.45) is -3.20. The lowest BCUT2D eigenvalue weighted by molar-refractivity contribution is -0.137. The Balaban J connectivity index is 2.11. The topological polar surface area (TPSA) is 109 Å². The van der Waals surface area contributed by atoms with Gasteiger partial charge in [0.2, 0.25) is 0 Å². The van der Waals surface area contributed by atoms with E-state index in [0.717, 1.165) is 12.1 Å². The number of halogens is 3. The third-order valence-electron chi connectivity index (χ3n) is 3.29. The van der Waals surface area contributed by atoms with Gasteiger partial charge in [0.15, 0.2) is 6.61 Å². The molecule has 148 valence electrons. The number of hydrogen-bond donors (Lipinski definition) is 3. The van der Waals surface area contributed by atoms with E-state index in [9.17, 15) is 27.6 Å². The molecular weight excluding hydrogens is 381 g/mol. The van der Waals surface area contributed by atoms with E-state index in [0.29, 0.717) is 0 Å².